The number of nitro benzene ring substituents is 1. The van der Waals surface area contributed by atoms with E-state index in [2.05, 4.69) is 0 Å². The summed E-state index contributed by atoms with van der Waals surface area (Å²) in [4.78, 5) is 34.4. The summed E-state index contributed by atoms with van der Waals surface area (Å²) >= 11 is 1.25. The smallest absolute Gasteiger partial charge is 0.322 e. The summed E-state index contributed by atoms with van der Waals surface area (Å²) in [6.07, 6.45) is -1.38. The van der Waals surface area contributed by atoms with Gasteiger partial charge in [-0.3, -0.25) is 19.7 Å². The molecule has 0 aliphatic rings. The van der Waals surface area contributed by atoms with Gasteiger partial charge in [-0.2, -0.15) is 4.72 Å². The molecule has 3 N–H and O–H groups in total. The van der Waals surface area contributed by atoms with E-state index in [0.29, 0.717) is 16.2 Å². The highest BCUT2D eigenvalue weighted by molar-refractivity contribution is 7.99. The van der Waals surface area contributed by atoms with Crippen molar-refractivity contribution >= 4 is 39.3 Å². The fraction of sp³-hybridized carbons (Fsp3) is 0.300. The minimum Gasteiger partial charge on any atom is -0.446 e. The van der Waals surface area contributed by atoms with Crippen LogP contribution in [0.25, 0.3) is 0 Å². The summed E-state index contributed by atoms with van der Waals surface area (Å²) < 4.78 is 32.1. The maximum Gasteiger partial charge on any atom is 0.322 e. The molecule has 2 aromatic rings. The maximum atomic E-state index is 12.5. The van der Waals surface area contributed by atoms with E-state index in [-0.39, 0.29) is 16.5 Å². The number of carbonyl (C=O) groups is 2. The van der Waals surface area contributed by atoms with Gasteiger partial charge in [0.1, 0.15) is 6.54 Å². The lowest BCUT2D eigenvalue weighted by Crippen LogP contribution is -2.34. The van der Waals surface area contributed by atoms with Gasteiger partial charge in [0.25, 0.3) is 11.6 Å². The number of sulfonamides is 1. The lowest BCUT2D eigenvalue weighted by molar-refractivity contribution is -0.388. The standard InChI is InChI=1S/C20H23N3O7S2/c1-13(2)12-31-17-9-8-15(10-16(17)23(26)27)32(28,29)22-11-18(24)30-19(20(21)25)14-6-4-3-5-7-14/h3-10,13,19,22H,11-12H2,1-2H3,(H2,21,25)/t19-/m0/s1. The minimum atomic E-state index is -4.26. The van der Waals surface area contributed by atoms with Crippen LogP contribution in [0.3, 0.4) is 0 Å². The molecule has 0 saturated carbocycles. The molecule has 172 valence electrons. The molecule has 12 heteroatoms. The number of nitro groups is 1. The molecule has 0 bridgehead atoms. The normalized spacial score (nSPS) is 12.3. The van der Waals surface area contributed by atoms with Gasteiger partial charge in [0.05, 0.1) is 14.7 Å². The zero-order valence-corrected chi connectivity index (χ0v) is 19.0. The lowest BCUT2D eigenvalue weighted by atomic mass is 10.1. The number of nitrogens with zero attached hydrogens (tertiary/aromatic N) is 1. The number of carbonyl (C=O) groups excluding carboxylic acids is 2. The molecular weight excluding hydrogens is 458 g/mol. The molecule has 2 aromatic carbocycles. The molecule has 0 spiro atoms. The van der Waals surface area contributed by atoms with Gasteiger partial charge in [-0.25, -0.2) is 8.42 Å². The molecule has 0 heterocycles. The fourth-order valence-electron chi connectivity index (χ4n) is 2.51. The third-order valence-corrected chi connectivity index (χ3v) is 6.91. The molecule has 2 rings (SSSR count). The quantitative estimate of drug-likeness (QED) is 0.214. The Bertz CT molecular complexity index is 1090. The number of esters is 1. The van der Waals surface area contributed by atoms with Crippen molar-refractivity contribution in [3.05, 3.63) is 64.2 Å². The van der Waals surface area contributed by atoms with E-state index in [4.69, 9.17) is 10.5 Å². The second-order valence-electron chi connectivity index (χ2n) is 7.10. The van der Waals surface area contributed by atoms with E-state index in [0.717, 1.165) is 6.07 Å². The van der Waals surface area contributed by atoms with E-state index < -0.39 is 39.5 Å². The molecule has 1 amide bonds. The topological polar surface area (TPSA) is 159 Å². The number of benzene rings is 2. The van der Waals surface area contributed by atoms with Crippen LogP contribution in [0, 0.1) is 16.0 Å². The average molecular weight is 482 g/mol. The van der Waals surface area contributed by atoms with E-state index in [1.165, 1.54) is 36.0 Å². The predicted octanol–water partition coefficient (Wildman–Crippen LogP) is 2.39. The largest absolute Gasteiger partial charge is 0.446 e. The average Bonchev–Trinajstić information content (AvgIpc) is 2.74. The van der Waals surface area contributed by atoms with Crippen molar-refractivity contribution in [2.24, 2.45) is 11.7 Å². The third kappa shape index (κ3) is 7.04. The monoisotopic (exact) mass is 481 g/mol. The van der Waals surface area contributed by atoms with Crippen molar-refractivity contribution in [1.82, 2.24) is 4.72 Å². The summed E-state index contributed by atoms with van der Waals surface area (Å²) in [6, 6.07) is 11.5. The molecule has 0 saturated heterocycles. The van der Waals surface area contributed by atoms with Gasteiger partial charge in [-0.05, 0) is 18.1 Å². The molecule has 10 nitrogen and oxygen atoms in total. The molecule has 0 aliphatic carbocycles. The Hall–Kier alpha value is -2.96. The van der Waals surface area contributed by atoms with Crippen molar-refractivity contribution in [2.45, 2.75) is 29.7 Å². The van der Waals surface area contributed by atoms with Gasteiger partial charge in [-0.15, -0.1) is 11.8 Å². The van der Waals surface area contributed by atoms with Crippen LogP contribution in [-0.2, 0) is 24.3 Å². The van der Waals surface area contributed by atoms with Crippen molar-refractivity contribution in [1.29, 1.82) is 0 Å². The van der Waals surface area contributed by atoms with Crippen molar-refractivity contribution in [2.75, 3.05) is 12.3 Å². The van der Waals surface area contributed by atoms with Gasteiger partial charge >= 0.3 is 5.97 Å². The Morgan fingerprint density at radius 3 is 2.41 bits per heavy atom. The number of nitrogens with one attached hydrogen (secondary N) is 1. The Labute approximate surface area is 189 Å². The minimum absolute atomic E-state index is 0.288. The first-order valence-corrected chi connectivity index (χ1v) is 11.9. The second kappa shape index (κ2) is 11.1. The molecule has 32 heavy (non-hydrogen) atoms. The SMILES string of the molecule is CC(C)CSc1ccc(S(=O)(=O)NCC(=O)O[C@H](C(N)=O)c2ccccc2)cc1[N+](=O)[O-]. The number of hydrogen-bond donors (Lipinski definition) is 2. The Balaban J connectivity index is 2.12. The lowest BCUT2D eigenvalue weighted by Gasteiger charge is -2.15. The number of amides is 1. The molecule has 0 fully saturated rings. The molecule has 0 unspecified atom stereocenters. The number of hydrogen-bond acceptors (Lipinski definition) is 8. The third-order valence-electron chi connectivity index (χ3n) is 4.03. The molecular formula is C20H23N3O7S2. The number of primary amides is 1. The predicted molar refractivity (Wildman–Crippen MR) is 118 cm³/mol. The summed E-state index contributed by atoms with van der Waals surface area (Å²) in [6.45, 7) is 3.12. The first kappa shape index (κ1) is 25.3. The molecule has 1 atom stereocenters. The van der Waals surface area contributed by atoms with Crippen LogP contribution >= 0.6 is 11.8 Å². The van der Waals surface area contributed by atoms with E-state index in [9.17, 15) is 28.1 Å². The number of nitrogens with two attached hydrogens (primary N) is 1. The Morgan fingerprint density at radius 1 is 1.19 bits per heavy atom. The van der Waals surface area contributed by atoms with E-state index >= 15 is 0 Å². The summed E-state index contributed by atoms with van der Waals surface area (Å²) in [5.41, 5.74) is 5.26. The van der Waals surface area contributed by atoms with Gasteiger partial charge in [0.2, 0.25) is 16.1 Å². The van der Waals surface area contributed by atoms with Crippen LogP contribution in [-0.4, -0.2) is 37.5 Å². The Kier molecular flexibility index (Phi) is 8.75. The van der Waals surface area contributed by atoms with Crippen LogP contribution < -0.4 is 10.5 Å². The first-order valence-electron chi connectivity index (χ1n) is 9.46. The zero-order valence-electron chi connectivity index (χ0n) is 17.4. The highest BCUT2D eigenvalue weighted by atomic mass is 32.2. The summed E-state index contributed by atoms with van der Waals surface area (Å²) in [5, 5.41) is 11.4. The highest BCUT2D eigenvalue weighted by Gasteiger charge is 2.25. The van der Waals surface area contributed by atoms with Crippen LogP contribution in [0.2, 0.25) is 0 Å². The number of thioether (sulfide) groups is 1. The van der Waals surface area contributed by atoms with Crippen LogP contribution in [0.4, 0.5) is 5.69 Å². The van der Waals surface area contributed by atoms with Gasteiger partial charge in [-0.1, -0.05) is 44.2 Å². The Morgan fingerprint density at radius 2 is 1.84 bits per heavy atom. The molecule has 0 aliphatic heterocycles. The van der Waals surface area contributed by atoms with E-state index in [1.807, 2.05) is 18.6 Å². The maximum absolute atomic E-state index is 12.5. The van der Waals surface area contributed by atoms with E-state index in [1.54, 1.807) is 18.2 Å². The highest BCUT2D eigenvalue weighted by Crippen LogP contribution is 2.32. The molecule has 0 radical (unpaired) electrons. The summed E-state index contributed by atoms with van der Waals surface area (Å²) in [7, 11) is -4.26. The zero-order chi connectivity index (χ0) is 23.9. The van der Waals surface area contributed by atoms with Crippen molar-refractivity contribution in [3.8, 4) is 0 Å². The number of rotatable bonds is 11. The summed E-state index contributed by atoms with van der Waals surface area (Å²) in [5.74, 6) is -1.05. The first-order chi connectivity index (χ1) is 15.0. The van der Waals surface area contributed by atoms with Gasteiger partial charge in [0, 0.05) is 17.4 Å². The van der Waals surface area contributed by atoms with Crippen LogP contribution in [0.1, 0.15) is 25.5 Å². The second-order valence-corrected chi connectivity index (χ2v) is 9.93. The van der Waals surface area contributed by atoms with Crippen LogP contribution in [0.15, 0.2) is 58.3 Å². The van der Waals surface area contributed by atoms with Gasteiger partial charge < -0.3 is 10.5 Å². The van der Waals surface area contributed by atoms with Crippen molar-refractivity contribution < 1.29 is 27.7 Å². The number of ether oxygens (including phenoxy) is 1. The molecule has 0 aromatic heterocycles. The fourth-order valence-corrected chi connectivity index (χ4v) is 4.46. The van der Waals surface area contributed by atoms with Gasteiger partial charge in [0.15, 0.2) is 0 Å². The van der Waals surface area contributed by atoms with Crippen LogP contribution in [0.5, 0.6) is 0 Å². The van der Waals surface area contributed by atoms with Crippen molar-refractivity contribution in [3.63, 3.8) is 0 Å².